The van der Waals surface area contributed by atoms with Crippen LogP contribution in [0.15, 0.2) is 50.8 Å². The van der Waals surface area contributed by atoms with E-state index in [1.165, 1.54) is 6.21 Å². The Labute approximate surface area is 168 Å². The maximum absolute atomic E-state index is 12.5. The van der Waals surface area contributed by atoms with Crippen LogP contribution in [-0.4, -0.2) is 33.5 Å². The van der Waals surface area contributed by atoms with Crippen molar-refractivity contribution in [1.29, 1.82) is 0 Å². The highest BCUT2D eigenvalue weighted by atomic mass is 79.9. The number of aromatic nitrogens is 2. The van der Waals surface area contributed by atoms with Crippen molar-refractivity contribution in [3.05, 3.63) is 68.2 Å². The van der Waals surface area contributed by atoms with Gasteiger partial charge in [-0.2, -0.15) is 5.10 Å². The molecule has 144 valence electrons. The van der Waals surface area contributed by atoms with Crippen LogP contribution in [0.3, 0.4) is 0 Å². The molecule has 3 rings (SSSR count). The molecule has 0 fully saturated rings. The van der Waals surface area contributed by atoms with Gasteiger partial charge in [0, 0.05) is 10.0 Å². The van der Waals surface area contributed by atoms with E-state index >= 15 is 0 Å². The molecule has 28 heavy (non-hydrogen) atoms. The SMILES string of the molecule is Cc1cc(Br)cc(C=NNC(=O)COn2c(C)nc3ccccc3c2=O)c1O. The van der Waals surface area contributed by atoms with Crippen LogP contribution in [0, 0.1) is 13.8 Å². The van der Waals surface area contributed by atoms with Gasteiger partial charge in [0.25, 0.3) is 11.5 Å². The number of para-hydroxylation sites is 1. The zero-order chi connectivity index (χ0) is 20.3. The number of phenols is 1. The number of fused-ring (bicyclic) bond motifs is 1. The molecule has 0 saturated heterocycles. The monoisotopic (exact) mass is 444 g/mol. The summed E-state index contributed by atoms with van der Waals surface area (Å²) >= 11 is 3.33. The summed E-state index contributed by atoms with van der Waals surface area (Å²) in [4.78, 5) is 34.0. The summed E-state index contributed by atoms with van der Waals surface area (Å²) in [6.07, 6.45) is 1.32. The number of nitrogens with zero attached hydrogens (tertiary/aromatic N) is 3. The number of rotatable bonds is 5. The molecule has 1 heterocycles. The van der Waals surface area contributed by atoms with Crippen molar-refractivity contribution in [3.8, 4) is 5.75 Å². The van der Waals surface area contributed by atoms with Crippen molar-refractivity contribution in [2.24, 2.45) is 5.10 Å². The lowest BCUT2D eigenvalue weighted by molar-refractivity contribution is -0.126. The Kier molecular flexibility index (Phi) is 5.74. The number of aryl methyl sites for hydroxylation is 2. The van der Waals surface area contributed by atoms with Crippen LogP contribution < -0.4 is 15.8 Å². The molecular formula is C19H17BrN4O4. The molecule has 0 aliphatic carbocycles. The fourth-order valence-corrected chi connectivity index (χ4v) is 3.16. The number of aromatic hydroxyl groups is 1. The summed E-state index contributed by atoms with van der Waals surface area (Å²) in [5.41, 5.74) is 3.56. The minimum atomic E-state index is -0.568. The van der Waals surface area contributed by atoms with Gasteiger partial charge in [-0.25, -0.2) is 10.4 Å². The number of hydrogen-bond acceptors (Lipinski definition) is 6. The van der Waals surface area contributed by atoms with E-state index in [1.807, 2.05) is 0 Å². The molecule has 0 saturated carbocycles. The van der Waals surface area contributed by atoms with Crippen LogP contribution in [0.5, 0.6) is 5.75 Å². The van der Waals surface area contributed by atoms with E-state index in [0.29, 0.717) is 27.9 Å². The van der Waals surface area contributed by atoms with Crippen molar-refractivity contribution in [2.75, 3.05) is 6.61 Å². The predicted molar refractivity (Wildman–Crippen MR) is 108 cm³/mol. The average molecular weight is 445 g/mol. The maximum Gasteiger partial charge on any atom is 0.294 e. The maximum atomic E-state index is 12.5. The molecule has 0 aliphatic heterocycles. The lowest BCUT2D eigenvalue weighted by atomic mass is 10.1. The second-order valence-electron chi connectivity index (χ2n) is 6.00. The van der Waals surface area contributed by atoms with Gasteiger partial charge in [-0.1, -0.05) is 28.1 Å². The summed E-state index contributed by atoms with van der Waals surface area (Å²) in [5, 5.41) is 14.2. The normalized spacial score (nSPS) is 11.1. The minimum absolute atomic E-state index is 0.0712. The molecule has 0 atom stereocenters. The van der Waals surface area contributed by atoms with Crippen LogP contribution in [-0.2, 0) is 4.79 Å². The Morgan fingerprint density at radius 1 is 1.36 bits per heavy atom. The quantitative estimate of drug-likeness (QED) is 0.462. The molecule has 3 aromatic rings. The summed E-state index contributed by atoms with van der Waals surface area (Å²) in [7, 11) is 0. The van der Waals surface area contributed by atoms with Gasteiger partial charge in [-0.15, -0.1) is 4.73 Å². The minimum Gasteiger partial charge on any atom is -0.507 e. The number of nitrogens with one attached hydrogen (secondary N) is 1. The molecule has 2 N–H and O–H groups in total. The molecule has 0 radical (unpaired) electrons. The Balaban J connectivity index is 1.67. The third kappa shape index (κ3) is 4.20. The van der Waals surface area contributed by atoms with Crippen molar-refractivity contribution in [3.63, 3.8) is 0 Å². The van der Waals surface area contributed by atoms with E-state index in [1.54, 1.807) is 50.2 Å². The van der Waals surface area contributed by atoms with Crippen LogP contribution in [0.1, 0.15) is 17.0 Å². The number of hydrazone groups is 1. The number of carbonyl (C=O) groups excluding carboxylic acids is 1. The zero-order valence-corrected chi connectivity index (χ0v) is 16.7. The number of benzene rings is 2. The van der Waals surface area contributed by atoms with Crippen LogP contribution in [0.25, 0.3) is 10.9 Å². The number of hydrogen-bond donors (Lipinski definition) is 2. The van der Waals surface area contributed by atoms with Crippen LogP contribution in [0.4, 0.5) is 0 Å². The standard InChI is InChI=1S/C19H17BrN4O4/c1-11-7-14(20)8-13(18(11)26)9-21-23-17(25)10-28-24-12(2)22-16-6-4-3-5-15(16)19(24)27/h3-9,26H,10H2,1-2H3,(H,23,25). The largest absolute Gasteiger partial charge is 0.507 e. The van der Waals surface area contributed by atoms with E-state index in [4.69, 9.17) is 4.84 Å². The molecule has 9 heteroatoms. The van der Waals surface area contributed by atoms with Gasteiger partial charge in [0.2, 0.25) is 0 Å². The third-order valence-electron chi connectivity index (χ3n) is 3.91. The fourth-order valence-electron chi connectivity index (χ4n) is 2.57. The molecule has 8 nitrogen and oxygen atoms in total. The van der Waals surface area contributed by atoms with E-state index in [-0.39, 0.29) is 5.75 Å². The third-order valence-corrected chi connectivity index (χ3v) is 4.37. The zero-order valence-electron chi connectivity index (χ0n) is 15.1. The molecule has 2 aromatic carbocycles. The number of amides is 1. The van der Waals surface area contributed by atoms with Crippen molar-refractivity contribution >= 4 is 39.0 Å². The van der Waals surface area contributed by atoms with Gasteiger partial charge in [-0.3, -0.25) is 9.59 Å². The van der Waals surface area contributed by atoms with E-state index in [9.17, 15) is 14.7 Å². The molecule has 1 aromatic heterocycles. The van der Waals surface area contributed by atoms with Crippen molar-refractivity contribution < 1.29 is 14.7 Å². The molecule has 1 amide bonds. The lowest BCUT2D eigenvalue weighted by Gasteiger charge is -2.11. The summed E-state index contributed by atoms with van der Waals surface area (Å²) in [6, 6.07) is 10.3. The predicted octanol–water partition coefficient (Wildman–Crippen LogP) is 2.06. The Morgan fingerprint density at radius 3 is 2.89 bits per heavy atom. The number of carbonyl (C=O) groups is 1. The van der Waals surface area contributed by atoms with Crippen molar-refractivity contribution in [2.45, 2.75) is 13.8 Å². The van der Waals surface area contributed by atoms with Gasteiger partial charge in [0.1, 0.15) is 11.6 Å². The van der Waals surface area contributed by atoms with Crippen molar-refractivity contribution in [1.82, 2.24) is 15.1 Å². The van der Waals surface area contributed by atoms with Gasteiger partial charge in [-0.05, 0) is 43.7 Å². The average Bonchev–Trinajstić information content (AvgIpc) is 2.65. The Morgan fingerprint density at radius 2 is 2.11 bits per heavy atom. The second kappa shape index (κ2) is 8.22. The smallest absolute Gasteiger partial charge is 0.294 e. The first-order valence-corrected chi connectivity index (χ1v) is 9.09. The highest BCUT2D eigenvalue weighted by Gasteiger charge is 2.10. The molecular weight excluding hydrogens is 428 g/mol. The highest BCUT2D eigenvalue weighted by Crippen LogP contribution is 2.25. The highest BCUT2D eigenvalue weighted by molar-refractivity contribution is 9.10. The van der Waals surface area contributed by atoms with Gasteiger partial charge in [0.15, 0.2) is 6.61 Å². The summed E-state index contributed by atoms with van der Waals surface area (Å²) in [6.45, 7) is 2.94. The van der Waals surface area contributed by atoms with Gasteiger partial charge >= 0.3 is 0 Å². The number of halogens is 1. The summed E-state index contributed by atoms with van der Waals surface area (Å²) in [5.74, 6) is -0.168. The molecule has 0 aliphatic rings. The number of phenolic OH excluding ortho intramolecular Hbond substituents is 1. The summed E-state index contributed by atoms with van der Waals surface area (Å²) < 4.78 is 1.76. The molecule has 0 bridgehead atoms. The van der Waals surface area contributed by atoms with Crippen LogP contribution in [0.2, 0.25) is 0 Å². The molecule has 0 unspecified atom stereocenters. The molecule has 0 spiro atoms. The Hall–Kier alpha value is -3.20. The van der Waals surface area contributed by atoms with Gasteiger partial charge in [0.05, 0.1) is 17.1 Å². The van der Waals surface area contributed by atoms with E-state index in [2.05, 4.69) is 31.4 Å². The second-order valence-corrected chi connectivity index (χ2v) is 6.92. The van der Waals surface area contributed by atoms with E-state index < -0.39 is 18.1 Å². The first-order chi connectivity index (χ1) is 13.4. The van der Waals surface area contributed by atoms with Crippen LogP contribution >= 0.6 is 15.9 Å². The van der Waals surface area contributed by atoms with E-state index in [0.717, 1.165) is 9.20 Å². The Bertz CT molecular complexity index is 1140. The topological polar surface area (TPSA) is 106 Å². The first kappa shape index (κ1) is 19.6. The van der Waals surface area contributed by atoms with Gasteiger partial charge < -0.3 is 9.94 Å². The fraction of sp³-hybridized carbons (Fsp3) is 0.158. The first-order valence-electron chi connectivity index (χ1n) is 8.29. The lowest BCUT2D eigenvalue weighted by Crippen LogP contribution is -2.35.